The summed E-state index contributed by atoms with van der Waals surface area (Å²) in [7, 11) is 0. The number of rotatable bonds is 5. The third kappa shape index (κ3) is 6.49. The Labute approximate surface area is 310 Å². The van der Waals surface area contributed by atoms with Gasteiger partial charge in [-0.05, 0) is 66.1 Å². The fourth-order valence-electron chi connectivity index (χ4n) is 6.20. The number of hydrogen-bond acceptors (Lipinski definition) is 3. The SMILES string of the molecule is CC(C)c1cccc(C(C)C)c1-n1c(-c2[c-]ccc3c2oc2ccccc23)nc2ccccc21.[2H]C([2H])([2H])c1cnc(-c2[c-]cccc2)cc1C([2H])([2H])[2H].[Ir]. The Hall–Kier alpha value is -4.83. The Bertz CT molecular complexity index is 2580. The minimum atomic E-state index is -2.50. The van der Waals surface area contributed by atoms with Crippen LogP contribution in [-0.2, 0) is 20.1 Å². The number of benzene rings is 5. The van der Waals surface area contributed by atoms with Crippen LogP contribution in [0.25, 0.3) is 61.3 Å². The fourth-order valence-corrected chi connectivity index (χ4v) is 6.20. The van der Waals surface area contributed by atoms with E-state index < -0.39 is 13.7 Å². The number of fused-ring (bicyclic) bond motifs is 4. The molecule has 4 nitrogen and oxygen atoms in total. The van der Waals surface area contributed by atoms with Gasteiger partial charge in [0.05, 0.1) is 22.4 Å². The average molecular weight is 824 g/mol. The predicted molar refractivity (Wildman–Crippen MR) is 199 cm³/mol. The van der Waals surface area contributed by atoms with Crippen LogP contribution in [0.3, 0.4) is 0 Å². The second-order valence-electron chi connectivity index (χ2n) is 12.4. The summed E-state index contributed by atoms with van der Waals surface area (Å²) in [5, 5.41) is 2.20. The zero-order valence-corrected chi connectivity index (χ0v) is 30.1. The summed E-state index contributed by atoms with van der Waals surface area (Å²) in [6, 6.07) is 42.0. The quantitative estimate of drug-likeness (QED) is 0.162. The van der Waals surface area contributed by atoms with Gasteiger partial charge in [0, 0.05) is 45.6 Å². The van der Waals surface area contributed by atoms with Crippen molar-refractivity contribution in [3.05, 3.63) is 150 Å². The summed E-state index contributed by atoms with van der Waals surface area (Å²) in [5.41, 5.74) is 9.08. The molecule has 3 heterocycles. The van der Waals surface area contributed by atoms with Gasteiger partial charge in [-0.25, -0.2) is 0 Å². The van der Waals surface area contributed by atoms with Gasteiger partial charge in [-0.1, -0.05) is 98.8 Å². The summed E-state index contributed by atoms with van der Waals surface area (Å²) in [6.45, 7) is 4.02. The van der Waals surface area contributed by atoms with Gasteiger partial charge in [-0.15, -0.1) is 54.1 Å². The van der Waals surface area contributed by atoms with E-state index in [9.17, 15) is 0 Å². The molecular formula is C44H39IrN3O-2. The van der Waals surface area contributed by atoms with Crippen LogP contribution in [-0.4, -0.2) is 14.5 Å². The van der Waals surface area contributed by atoms with E-state index in [-0.39, 0.29) is 31.2 Å². The molecule has 0 N–H and O–H groups in total. The van der Waals surface area contributed by atoms with Crippen LogP contribution < -0.4 is 0 Å². The first-order valence-electron chi connectivity index (χ1n) is 19.1. The number of aryl methyl sites for hydroxylation is 2. The minimum Gasteiger partial charge on any atom is -0.501 e. The molecule has 5 aromatic carbocycles. The van der Waals surface area contributed by atoms with Gasteiger partial charge in [0.25, 0.3) is 0 Å². The van der Waals surface area contributed by atoms with Crippen molar-refractivity contribution in [3.63, 3.8) is 0 Å². The van der Waals surface area contributed by atoms with Crippen molar-refractivity contribution >= 4 is 33.0 Å². The van der Waals surface area contributed by atoms with E-state index in [1.807, 2.05) is 24.3 Å². The molecule has 0 aliphatic rings. The second kappa shape index (κ2) is 14.3. The Kier molecular flexibility index (Phi) is 7.91. The largest absolute Gasteiger partial charge is 0.501 e. The molecule has 49 heavy (non-hydrogen) atoms. The standard InChI is InChI=1S/C31H27N2O.C13H12N.Ir/c1-19(2)21-12-9-13-22(20(3)4)29(21)33-27-17-7-6-16-26(27)32-31(33)25-15-10-14-24-23-11-5-8-18-28(23)34-30(24)25;1-10-8-13(14-9-11(10)2)12-6-4-3-5-7-12;/h5-14,16-20H,1-4H3;3-6,8-9H,1-2H3;/q2*-1;/i;1D3,2D3;. The predicted octanol–water partition coefficient (Wildman–Crippen LogP) is 11.8. The van der Waals surface area contributed by atoms with E-state index in [1.165, 1.54) is 22.9 Å². The van der Waals surface area contributed by atoms with Gasteiger partial charge in [0.1, 0.15) is 5.58 Å². The third-order valence-electron chi connectivity index (χ3n) is 8.58. The zero-order chi connectivity index (χ0) is 38.4. The van der Waals surface area contributed by atoms with Crippen LogP contribution in [0.15, 0.2) is 120 Å². The number of para-hydroxylation sites is 4. The van der Waals surface area contributed by atoms with Crippen LogP contribution in [0, 0.1) is 25.8 Å². The summed E-state index contributed by atoms with van der Waals surface area (Å²) >= 11 is 0. The number of imidazole rings is 1. The molecule has 3 aromatic heterocycles. The van der Waals surface area contributed by atoms with Gasteiger partial charge in [-0.2, -0.15) is 0 Å². The van der Waals surface area contributed by atoms with Crippen molar-refractivity contribution in [2.75, 3.05) is 0 Å². The summed E-state index contributed by atoms with van der Waals surface area (Å²) < 4.78 is 53.4. The Balaban J connectivity index is 0.000000211. The van der Waals surface area contributed by atoms with Crippen LogP contribution >= 0.6 is 0 Å². The fraction of sp³-hybridized carbons (Fsp3) is 0.182. The van der Waals surface area contributed by atoms with E-state index in [0.717, 1.165) is 50.6 Å². The average Bonchev–Trinajstić information content (AvgIpc) is 3.73. The van der Waals surface area contributed by atoms with Crippen LogP contribution in [0.1, 0.15) is 70.0 Å². The van der Waals surface area contributed by atoms with Crippen molar-refractivity contribution in [2.24, 2.45) is 0 Å². The van der Waals surface area contributed by atoms with Crippen molar-refractivity contribution < 1.29 is 32.7 Å². The molecule has 5 heteroatoms. The molecule has 247 valence electrons. The van der Waals surface area contributed by atoms with Crippen LogP contribution in [0.2, 0.25) is 0 Å². The minimum absolute atomic E-state index is 0. The maximum atomic E-state index is 7.50. The molecule has 0 bridgehead atoms. The van der Waals surface area contributed by atoms with E-state index in [0.29, 0.717) is 23.1 Å². The molecule has 0 unspecified atom stereocenters. The van der Waals surface area contributed by atoms with Crippen LogP contribution in [0.4, 0.5) is 0 Å². The molecule has 0 saturated carbocycles. The molecule has 0 spiro atoms. The molecule has 0 saturated heterocycles. The Morgan fingerprint density at radius 2 is 1.47 bits per heavy atom. The molecule has 1 radical (unpaired) electrons. The number of nitrogens with zero attached hydrogens (tertiary/aromatic N) is 3. The van der Waals surface area contributed by atoms with Gasteiger partial charge < -0.3 is 14.0 Å². The van der Waals surface area contributed by atoms with Gasteiger partial charge >= 0.3 is 0 Å². The number of hydrogen-bond donors (Lipinski definition) is 0. The van der Waals surface area contributed by atoms with Crippen LogP contribution in [0.5, 0.6) is 0 Å². The molecule has 8 aromatic rings. The topological polar surface area (TPSA) is 43.9 Å². The van der Waals surface area contributed by atoms with Crippen molar-refractivity contribution in [2.45, 2.75) is 53.2 Å². The summed E-state index contributed by atoms with van der Waals surface area (Å²) in [5.74, 6) is 1.60. The van der Waals surface area contributed by atoms with Crippen molar-refractivity contribution in [1.29, 1.82) is 0 Å². The first-order chi connectivity index (χ1) is 25.7. The molecule has 0 amide bonds. The second-order valence-corrected chi connectivity index (χ2v) is 12.4. The molecular weight excluding hydrogens is 779 g/mol. The molecule has 0 atom stereocenters. The number of furan rings is 1. The Morgan fingerprint density at radius 1 is 0.735 bits per heavy atom. The first-order valence-corrected chi connectivity index (χ1v) is 16.1. The zero-order valence-electron chi connectivity index (χ0n) is 33.7. The Morgan fingerprint density at radius 3 is 2.20 bits per heavy atom. The number of pyridine rings is 1. The van der Waals surface area contributed by atoms with Gasteiger partial charge in [0.2, 0.25) is 0 Å². The maximum absolute atomic E-state index is 7.50. The summed E-state index contributed by atoms with van der Waals surface area (Å²) in [6.07, 6.45) is 1.12. The molecule has 0 aliphatic heterocycles. The smallest absolute Gasteiger partial charge is 0.120 e. The molecule has 0 aliphatic carbocycles. The van der Waals surface area contributed by atoms with Crippen molar-refractivity contribution in [3.8, 4) is 28.3 Å². The molecule has 8 rings (SSSR count). The summed E-state index contributed by atoms with van der Waals surface area (Å²) in [4.78, 5) is 9.20. The van der Waals surface area contributed by atoms with Crippen molar-refractivity contribution in [1.82, 2.24) is 14.5 Å². The van der Waals surface area contributed by atoms with E-state index in [2.05, 4.69) is 104 Å². The van der Waals surface area contributed by atoms with E-state index in [4.69, 9.17) is 17.6 Å². The molecule has 0 fully saturated rings. The van der Waals surface area contributed by atoms with Gasteiger partial charge in [-0.3, -0.25) is 4.98 Å². The van der Waals surface area contributed by atoms with E-state index in [1.54, 1.807) is 24.3 Å². The third-order valence-corrected chi connectivity index (χ3v) is 8.58. The van der Waals surface area contributed by atoms with E-state index >= 15 is 0 Å². The number of aromatic nitrogens is 3. The maximum Gasteiger partial charge on any atom is 0.120 e. The van der Waals surface area contributed by atoms with Gasteiger partial charge in [0.15, 0.2) is 0 Å². The monoisotopic (exact) mass is 824 g/mol. The first kappa shape index (κ1) is 27.0. The normalized spacial score (nSPS) is 13.6.